The molecule has 0 saturated carbocycles. The molecule has 0 unspecified atom stereocenters. The zero-order valence-corrected chi connectivity index (χ0v) is 11.1. The quantitative estimate of drug-likeness (QED) is 0.745. The molecule has 18 heavy (non-hydrogen) atoms. The molecule has 0 fully saturated rings. The van der Waals surface area contributed by atoms with Crippen LogP contribution < -0.4 is 0 Å². The highest BCUT2D eigenvalue weighted by molar-refractivity contribution is 5.83. The number of hydrogen-bond donors (Lipinski definition) is 0. The lowest BCUT2D eigenvalue weighted by molar-refractivity contribution is -0.148. The van der Waals surface area contributed by atoms with Gasteiger partial charge in [-0.15, -0.1) is 0 Å². The first-order valence-corrected chi connectivity index (χ1v) is 5.94. The number of amides is 1. The minimum absolute atomic E-state index is 0.000165. The van der Waals surface area contributed by atoms with Crippen molar-refractivity contribution in [2.75, 3.05) is 13.7 Å². The van der Waals surface area contributed by atoms with Crippen LogP contribution in [0.5, 0.6) is 0 Å². The Morgan fingerprint density at radius 3 is 2.33 bits per heavy atom. The summed E-state index contributed by atoms with van der Waals surface area (Å²) in [5, 5.41) is 0. The van der Waals surface area contributed by atoms with Crippen LogP contribution in [-0.2, 0) is 20.7 Å². The number of benzene rings is 1. The standard InChI is InChI=1S/C14H19NO3/c1-11(2)15(10-14(17)18-3)13(16)9-12-7-5-4-6-8-12/h4-8,11H,9-10H2,1-3H3. The summed E-state index contributed by atoms with van der Waals surface area (Å²) in [5.74, 6) is -0.466. The third-order valence-corrected chi connectivity index (χ3v) is 2.67. The van der Waals surface area contributed by atoms with Crippen LogP contribution in [-0.4, -0.2) is 36.5 Å². The van der Waals surface area contributed by atoms with E-state index in [0.717, 1.165) is 5.56 Å². The predicted octanol–water partition coefficient (Wildman–Crippen LogP) is 1.64. The second-order valence-corrected chi connectivity index (χ2v) is 4.35. The van der Waals surface area contributed by atoms with Crippen LogP contribution in [0.3, 0.4) is 0 Å². The molecule has 1 aromatic rings. The second-order valence-electron chi connectivity index (χ2n) is 4.35. The highest BCUT2D eigenvalue weighted by atomic mass is 16.5. The molecule has 4 nitrogen and oxygen atoms in total. The maximum absolute atomic E-state index is 12.1. The van der Waals surface area contributed by atoms with Crippen molar-refractivity contribution < 1.29 is 14.3 Å². The lowest BCUT2D eigenvalue weighted by atomic mass is 10.1. The second kappa shape index (κ2) is 6.79. The van der Waals surface area contributed by atoms with E-state index in [2.05, 4.69) is 4.74 Å². The van der Waals surface area contributed by atoms with E-state index in [1.807, 2.05) is 44.2 Å². The third-order valence-electron chi connectivity index (χ3n) is 2.67. The van der Waals surface area contributed by atoms with E-state index < -0.39 is 5.97 Å². The molecule has 4 heteroatoms. The summed E-state index contributed by atoms with van der Waals surface area (Å²) in [5.41, 5.74) is 0.943. The Morgan fingerprint density at radius 1 is 1.22 bits per heavy atom. The van der Waals surface area contributed by atoms with Crippen molar-refractivity contribution in [1.82, 2.24) is 4.90 Å². The summed E-state index contributed by atoms with van der Waals surface area (Å²) < 4.78 is 4.60. The summed E-state index contributed by atoms with van der Waals surface area (Å²) >= 11 is 0. The summed E-state index contributed by atoms with van der Waals surface area (Å²) in [6, 6.07) is 9.46. The largest absolute Gasteiger partial charge is 0.468 e. The topological polar surface area (TPSA) is 46.6 Å². The lowest BCUT2D eigenvalue weighted by Crippen LogP contribution is -2.41. The first-order chi connectivity index (χ1) is 8.54. The highest BCUT2D eigenvalue weighted by Crippen LogP contribution is 2.06. The van der Waals surface area contributed by atoms with E-state index in [1.54, 1.807) is 0 Å². The van der Waals surface area contributed by atoms with Gasteiger partial charge in [-0.05, 0) is 19.4 Å². The van der Waals surface area contributed by atoms with Gasteiger partial charge >= 0.3 is 5.97 Å². The van der Waals surface area contributed by atoms with Crippen LogP contribution in [0.4, 0.5) is 0 Å². The molecule has 98 valence electrons. The fourth-order valence-corrected chi connectivity index (χ4v) is 1.63. The van der Waals surface area contributed by atoms with Crippen LogP contribution in [0.2, 0.25) is 0 Å². The van der Waals surface area contributed by atoms with Crippen molar-refractivity contribution in [2.24, 2.45) is 0 Å². The van der Waals surface area contributed by atoms with Crippen molar-refractivity contribution >= 4 is 11.9 Å². The van der Waals surface area contributed by atoms with Crippen molar-refractivity contribution in [3.8, 4) is 0 Å². The number of methoxy groups -OCH3 is 1. The molecule has 1 aromatic carbocycles. The van der Waals surface area contributed by atoms with Gasteiger partial charge in [-0.2, -0.15) is 0 Å². The van der Waals surface area contributed by atoms with Gasteiger partial charge in [-0.25, -0.2) is 0 Å². The van der Waals surface area contributed by atoms with Gasteiger partial charge in [-0.3, -0.25) is 9.59 Å². The van der Waals surface area contributed by atoms with Crippen molar-refractivity contribution in [3.05, 3.63) is 35.9 Å². The molecular formula is C14H19NO3. The SMILES string of the molecule is COC(=O)CN(C(=O)Cc1ccccc1)C(C)C. The van der Waals surface area contributed by atoms with Crippen LogP contribution in [0, 0.1) is 0 Å². The van der Waals surface area contributed by atoms with Gasteiger partial charge in [0.25, 0.3) is 0 Å². The monoisotopic (exact) mass is 249 g/mol. The number of hydrogen-bond acceptors (Lipinski definition) is 3. The van der Waals surface area contributed by atoms with Crippen LogP contribution in [0.1, 0.15) is 19.4 Å². The minimum atomic E-state index is -0.398. The summed E-state index contributed by atoms with van der Waals surface area (Å²) in [6.07, 6.45) is 0.302. The molecule has 0 N–H and O–H groups in total. The fraction of sp³-hybridized carbons (Fsp3) is 0.429. The Bertz CT molecular complexity index is 401. The minimum Gasteiger partial charge on any atom is -0.468 e. The molecule has 0 atom stereocenters. The summed E-state index contributed by atoms with van der Waals surface area (Å²) in [7, 11) is 1.32. The Hall–Kier alpha value is -1.84. The predicted molar refractivity (Wildman–Crippen MR) is 69.0 cm³/mol. The molecule has 0 spiro atoms. The van der Waals surface area contributed by atoms with E-state index in [0.29, 0.717) is 6.42 Å². The van der Waals surface area contributed by atoms with E-state index >= 15 is 0 Å². The first-order valence-electron chi connectivity index (χ1n) is 5.94. The van der Waals surface area contributed by atoms with Crippen molar-refractivity contribution in [3.63, 3.8) is 0 Å². The highest BCUT2D eigenvalue weighted by Gasteiger charge is 2.20. The van der Waals surface area contributed by atoms with E-state index in [1.165, 1.54) is 12.0 Å². The average Bonchev–Trinajstić information content (AvgIpc) is 2.36. The number of nitrogens with zero attached hydrogens (tertiary/aromatic N) is 1. The van der Waals surface area contributed by atoms with Gasteiger partial charge in [0.2, 0.25) is 5.91 Å². The molecule has 1 rings (SSSR count). The lowest BCUT2D eigenvalue weighted by Gasteiger charge is -2.25. The smallest absolute Gasteiger partial charge is 0.325 e. The molecule has 0 aliphatic heterocycles. The molecule has 0 aliphatic rings. The Labute approximate surface area is 108 Å². The zero-order chi connectivity index (χ0) is 13.5. The maximum atomic E-state index is 12.1. The number of rotatable bonds is 5. The van der Waals surface area contributed by atoms with Gasteiger partial charge in [0.15, 0.2) is 0 Å². The normalized spacial score (nSPS) is 10.2. The van der Waals surface area contributed by atoms with E-state index in [4.69, 9.17) is 0 Å². The number of ether oxygens (including phenoxy) is 1. The molecule has 0 radical (unpaired) electrons. The molecule has 0 heterocycles. The van der Waals surface area contributed by atoms with Gasteiger partial charge in [-0.1, -0.05) is 30.3 Å². The fourth-order valence-electron chi connectivity index (χ4n) is 1.63. The van der Waals surface area contributed by atoms with Gasteiger partial charge < -0.3 is 9.64 Å². The van der Waals surface area contributed by atoms with E-state index in [-0.39, 0.29) is 18.5 Å². The van der Waals surface area contributed by atoms with Crippen LogP contribution >= 0.6 is 0 Å². The summed E-state index contributed by atoms with van der Waals surface area (Å²) in [4.78, 5) is 24.9. The van der Waals surface area contributed by atoms with Gasteiger partial charge in [0, 0.05) is 6.04 Å². The third kappa shape index (κ3) is 4.20. The summed E-state index contributed by atoms with van der Waals surface area (Å²) in [6.45, 7) is 3.76. The molecule has 0 aliphatic carbocycles. The molecule has 1 amide bonds. The van der Waals surface area contributed by atoms with Gasteiger partial charge in [0.1, 0.15) is 6.54 Å². The van der Waals surface area contributed by atoms with Crippen molar-refractivity contribution in [1.29, 1.82) is 0 Å². The Kier molecular flexibility index (Phi) is 5.36. The van der Waals surface area contributed by atoms with Gasteiger partial charge in [0.05, 0.1) is 13.5 Å². The van der Waals surface area contributed by atoms with Crippen LogP contribution in [0.15, 0.2) is 30.3 Å². The Morgan fingerprint density at radius 2 is 1.83 bits per heavy atom. The number of carbonyl (C=O) groups is 2. The maximum Gasteiger partial charge on any atom is 0.325 e. The zero-order valence-electron chi connectivity index (χ0n) is 11.1. The van der Waals surface area contributed by atoms with Crippen molar-refractivity contribution in [2.45, 2.75) is 26.3 Å². The number of carbonyl (C=O) groups excluding carboxylic acids is 2. The molecule has 0 saturated heterocycles. The number of esters is 1. The first kappa shape index (κ1) is 14.2. The molecule has 0 bridgehead atoms. The molecular weight excluding hydrogens is 230 g/mol. The Balaban J connectivity index is 2.68. The van der Waals surface area contributed by atoms with E-state index in [9.17, 15) is 9.59 Å². The molecule has 0 aromatic heterocycles. The van der Waals surface area contributed by atoms with Crippen LogP contribution in [0.25, 0.3) is 0 Å². The average molecular weight is 249 g/mol.